The van der Waals surface area contributed by atoms with Crippen molar-refractivity contribution < 1.29 is 4.79 Å². The maximum Gasteiger partial charge on any atom is 0.260 e. The Labute approximate surface area is 99.0 Å². The van der Waals surface area contributed by atoms with Crippen molar-refractivity contribution in [3.05, 3.63) is 29.2 Å². The second-order valence-corrected chi connectivity index (χ2v) is 3.88. The van der Waals surface area contributed by atoms with Crippen LogP contribution >= 0.6 is 0 Å². The smallest absolute Gasteiger partial charge is 0.260 e. The number of carbonyl (C=O) groups excluding carboxylic acids is 1. The maximum atomic E-state index is 12.0. The molecular weight excluding hydrogens is 218 g/mol. The van der Waals surface area contributed by atoms with Crippen molar-refractivity contribution in [3.8, 4) is 0 Å². The van der Waals surface area contributed by atoms with Crippen molar-refractivity contribution in [2.75, 3.05) is 5.32 Å². The predicted octanol–water partition coefficient (Wildman–Crippen LogP) is 1.27. The lowest BCUT2D eigenvalue weighted by Crippen LogP contribution is -2.13. The maximum absolute atomic E-state index is 12.0. The number of aromatic amines is 1. The summed E-state index contributed by atoms with van der Waals surface area (Å²) >= 11 is 0. The second kappa shape index (κ2) is 4.40. The van der Waals surface area contributed by atoms with Crippen LogP contribution in [0.15, 0.2) is 12.4 Å². The summed E-state index contributed by atoms with van der Waals surface area (Å²) < 4.78 is 1.62. The Morgan fingerprint density at radius 3 is 2.94 bits per heavy atom. The van der Waals surface area contributed by atoms with E-state index in [1.54, 1.807) is 24.1 Å². The average molecular weight is 233 g/mol. The molecule has 0 atom stereocenters. The zero-order chi connectivity index (χ0) is 12.4. The summed E-state index contributed by atoms with van der Waals surface area (Å²) in [4.78, 5) is 12.0. The van der Waals surface area contributed by atoms with Gasteiger partial charge in [0.25, 0.3) is 5.91 Å². The Morgan fingerprint density at radius 1 is 1.59 bits per heavy atom. The highest BCUT2D eigenvalue weighted by molar-refractivity contribution is 6.04. The van der Waals surface area contributed by atoms with Crippen LogP contribution in [-0.4, -0.2) is 25.9 Å². The minimum Gasteiger partial charge on any atom is -0.307 e. The van der Waals surface area contributed by atoms with Gasteiger partial charge in [0.2, 0.25) is 0 Å². The lowest BCUT2D eigenvalue weighted by atomic mass is 10.2. The molecule has 90 valence electrons. The van der Waals surface area contributed by atoms with Crippen molar-refractivity contribution in [2.45, 2.75) is 20.3 Å². The third-order valence-electron chi connectivity index (χ3n) is 2.60. The lowest BCUT2D eigenvalue weighted by molar-refractivity contribution is 0.102. The first kappa shape index (κ1) is 11.4. The molecule has 0 aromatic carbocycles. The van der Waals surface area contributed by atoms with Crippen molar-refractivity contribution >= 4 is 11.7 Å². The zero-order valence-corrected chi connectivity index (χ0v) is 10.1. The van der Waals surface area contributed by atoms with Gasteiger partial charge in [0.1, 0.15) is 5.82 Å². The summed E-state index contributed by atoms with van der Waals surface area (Å²) in [6.07, 6.45) is 4.23. The normalized spacial score (nSPS) is 10.5. The van der Waals surface area contributed by atoms with Gasteiger partial charge >= 0.3 is 0 Å². The molecule has 1 amide bonds. The molecule has 6 heteroatoms. The number of H-pyrrole nitrogens is 1. The highest BCUT2D eigenvalue weighted by Crippen LogP contribution is 2.14. The van der Waals surface area contributed by atoms with Crippen LogP contribution in [0, 0.1) is 6.92 Å². The van der Waals surface area contributed by atoms with Crippen LogP contribution in [0.2, 0.25) is 0 Å². The molecule has 0 radical (unpaired) electrons. The molecule has 0 bridgehead atoms. The summed E-state index contributed by atoms with van der Waals surface area (Å²) in [6.45, 7) is 3.82. The van der Waals surface area contributed by atoms with E-state index >= 15 is 0 Å². The van der Waals surface area contributed by atoms with E-state index in [4.69, 9.17) is 0 Å². The second-order valence-electron chi connectivity index (χ2n) is 3.88. The quantitative estimate of drug-likeness (QED) is 0.838. The van der Waals surface area contributed by atoms with Gasteiger partial charge in [-0.05, 0) is 13.3 Å². The van der Waals surface area contributed by atoms with Crippen LogP contribution in [0.4, 0.5) is 5.82 Å². The van der Waals surface area contributed by atoms with Gasteiger partial charge in [0, 0.05) is 18.8 Å². The van der Waals surface area contributed by atoms with E-state index in [-0.39, 0.29) is 5.91 Å². The molecule has 0 aliphatic carbocycles. The molecule has 2 aromatic heterocycles. The molecule has 0 aliphatic rings. The van der Waals surface area contributed by atoms with Gasteiger partial charge in [-0.1, -0.05) is 6.92 Å². The van der Waals surface area contributed by atoms with E-state index in [1.165, 1.54) is 0 Å². The average Bonchev–Trinajstić information content (AvgIpc) is 2.84. The molecule has 17 heavy (non-hydrogen) atoms. The van der Waals surface area contributed by atoms with Crippen LogP contribution in [0.1, 0.15) is 28.5 Å². The first-order valence-electron chi connectivity index (χ1n) is 5.45. The standard InChI is InChI=1S/C11H15N5O/c1-4-8-5-12-14-10(8)13-11(17)9-6-16(3)15-7(9)2/h5-6H,4H2,1-3H3,(H2,12,13,14,17). The van der Waals surface area contributed by atoms with Crippen LogP contribution in [0.3, 0.4) is 0 Å². The molecule has 0 fully saturated rings. The number of carbonyl (C=O) groups is 1. The predicted molar refractivity (Wildman–Crippen MR) is 63.9 cm³/mol. The third kappa shape index (κ3) is 2.20. The van der Waals surface area contributed by atoms with Crippen LogP contribution in [0.5, 0.6) is 0 Å². The van der Waals surface area contributed by atoms with E-state index in [0.717, 1.165) is 12.0 Å². The minimum atomic E-state index is -0.172. The van der Waals surface area contributed by atoms with E-state index in [1.807, 2.05) is 13.8 Å². The number of rotatable bonds is 3. The summed E-state index contributed by atoms with van der Waals surface area (Å²) in [6, 6.07) is 0. The summed E-state index contributed by atoms with van der Waals surface area (Å²) in [7, 11) is 1.79. The van der Waals surface area contributed by atoms with Gasteiger partial charge < -0.3 is 5.32 Å². The Bertz CT molecular complexity index is 540. The number of aryl methyl sites for hydroxylation is 3. The number of anilines is 1. The SMILES string of the molecule is CCc1cn[nH]c1NC(=O)c1cn(C)nc1C. The molecule has 6 nitrogen and oxygen atoms in total. The fourth-order valence-electron chi connectivity index (χ4n) is 1.69. The van der Waals surface area contributed by atoms with Gasteiger partial charge in [0.05, 0.1) is 17.5 Å². The van der Waals surface area contributed by atoms with Crippen molar-refractivity contribution in [1.29, 1.82) is 0 Å². The Balaban J connectivity index is 2.20. The Morgan fingerprint density at radius 2 is 2.35 bits per heavy atom. The van der Waals surface area contributed by atoms with Crippen LogP contribution in [-0.2, 0) is 13.5 Å². The first-order valence-corrected chi connectivity index (χ1v) is 5.45. The fourth-order valence-corrected chi connectivity index (χ4v) is 1.69. The first-order chi connectivity index (χ1) is 8.11. The Hall–Kier alpha value is -2.11. The number of hydrogen-bond acceptors (Lipinski definition) is 3. The number of aromatic nitrogens is 4. The van der Waals surface area contributed by atoms with Crippen molar-refractivity contribution in [3.63, 3.8) is 0 Å². The van der Waals surface area contributed by atoms with Crippen molar-refractivity contribution in [1.82, 2.24) is 20.0 Å². The number of nitrogens with one attached hydrogen (secondary N) is 2. The molecule has 2 N–H and O–H groups in total. The number of hydrogen-bond donors (Lipinski definition) is 2. The molecule has 0 spiro atoms. The van der Waals surface area contributed by atoms with E-state index in [0.29, 0.717) is 17.1 Å². The van der Waals surface area contributed by atoms with E-state index in [9.17, 15) is 4.79 Å². The van der Waals surface area contributed by atoms with E-state index in [2.05, 4.69) is 20.6 Å². The van der Waals surface area contributed by atoms with Crippen LogP contribution < -0.4 is 5.32 Å². The lowest BCUT2D eigenvalue weighted by Gasteiger charge is -2.03. The highest BCUT2D eigenvalue weighted by atomic mass is 16.1. The topological polar surface area (TPSA) is 75.6 Å². The van der Waals surface area contributed by atoms with E-state index < -0.39 is 0 Å². The molecule has 0 unspecified atom stereocenters. The van der Waals surface area contributed by atoms with Gasteiger partial charge in [-0.3, -0.25) is 14.6 Å². The molecule has 2 aromatic rings. The fraction of sp³-hybridized carbons (Fsp3) is 0.364. The third-order valence-corrected chi connectivity index (χ3v) is 2.60. The monoisotopic (exact) mass is 233 g/mol. The molecular formula is C11H15N5O. The zero-order valence-electron chi connectivity index (χ0n) is 10.1. The van der Waals surface area contributed by atoms with Gasteiger partial charge in [0.15, 0.2) is 0 Å². The number of nitrogens with zero attached hydrogens (tertiary/aromatic N) is 3. The molecule has 0 aliphatic heterocycles. The number of amides is 1. The molecule has 2 heterocycles. The van der Waals surface area contributed by atoms with Crippen molar-refractivity contribution in [2.24, 2.45) is 7.05 Å². The minimum absolute atomic E-state index is 0.172. The van der Waals surface area contributed by atoms with Crippen LogP contribution in [0.25, 0.3) is 0 Å². The highest BCUT2D eigenvalue weighted by Gasteiger charge is 2.14. The summed E-state index contributed by atoms with van der Waals surface area (Å²) in [5.41, 5.74) is 2.27. The molecule has 0 saturated carbocycles. The molecule has 2 rings (SSSR count). The summed E-state index contributed by atoms with van der Waals surface area (Å²) in [5, 5.41) is 13.6. The molecule has 0 saturated heterocycles. The van der Waals surface area contributed by atoms with Gasteiger partial charge in [-0.15, -0.1) is 0 Å². The largest absolute Gasteiger partial charge is 0.307 e. The summed E-state index contributed by atoms with van der Waals surface area (Å²) in [5.74, 6) is 0.482. The van der Waals surface area contributed by atoms with Gasteiger partial charge in [-0.25, -0.2) is 0 Å². The Kier molecular flexibility index (Phi) is 2.95. The van der Waals surface area contributed by atoms with Gasteiger partial charge in [-0.2, -0.15) is 10.2 Å².